The number of para-hydroxylation sites is 2. The molecule has 4 nitrogen and oxygen atoms in total. The van der Waals surface area contributed by atoms with Gasteiger partial charge in [0.15, 0.2) is 5.58 Å². The van der Waals surface area contributed by atoms with E-state index in [-0.39, 0.29) is 11.2 Å². The van der Waals surface area contributed by atoms with Gasteiger partial charge in [0.05, 0.1) is 6.61 Å². The lowest BCUT2D eigenvalue weighted by Gasteiger charge is -2.06. The number of hydrogen-bond donors (Lipinski definition) is 0. The molecule has 1 aromatic carbocycles. The lowest BCUT2D eigenvalue weighted by Crippen LogP contribution is -2.16. The second kappa shape index (κ2) is 5.23. The fourth-order valence-corrected chi connectivity index (χ4v) is 2.12. The Morgan fingerprint density at radius 3 is 3.00 bits per heavy atom. The molecule has 2 rings (SSSR count). The minimum absolute atomic E-state index is 0.250. The van der Waals surface area contributed by atoms with Crippen molar-refractivity contribution in [3.63, 3.8) is 0 Å². The van der Waals surface area contributed by atoms with E-state index in [9.17, 15) is 4.79 Å². The molecule has 90 valence electrons. The van der Waals surface area contributed by atoms with Crippen molar-refractivity contribution in [2.24, 2.45) is 0 Å². The number of hydrogen-bond acceptors (Lipinski definition) is 5. The third-order valence-corrected chi connectivity index (χ3v) is 3.09. The molecule has 0 aliphatic carbocycles. The standard InChI is InChI=1S/C12H13NO3S/c1-3-15-11(14)8(2)17-12-13-9-6-4-5-7-10(9)16-12/h4-8H,3H2,1-2H3. The Morgan fingerprint density at radius 1 is 1.53 bits per heavy atom. The van der Waals surface area contributed by atoms with Gasteiger partial charge in [-0.2, -0.15) is 0 Å². The molecule has 0 saturated carbocycles. The molecule has 17 heavy (non-hydrogen) atoms. The smallest absolute Gasteiger partial charge is 0.319 e. The van der Waals surface area contributed by atoms with Crippen LogP contribution in [0.15, 0.2) is 33.9 Å². The number of thioether (sulfide) groups is 1. The third kappa shape index (κ3) is 2.79. The predicted octanol–water partition coefficient (Wildman–Crippen LogP) is 2.87. The van der Waals surface area contributed by atoms with Crippen molar-refractivity contribution in [3.05, 3.63) is 24.3 Å². The van der Waals surface area contributed by atoms with E-state index in [4.69, 9.17) is 9.15 Å². The van der Waals surface area contributed by atoms with Crippen LogP contribution in [0.1, 0.15) is 13.8 Å². The molecule has 1 unspecified atom stereocenters. The molecule has 0 radical (unpaired) electrons. The Morgan fingerprint density at radius 2 is 2.29 bits per heavy atom. The molecule has 0 saturated heterocycles. The molecule has 0 aliphatic heterocycles. The van der Waals surface area contributed by atoms with Gasteiger partial charge in [-0.25, -0.2) is 4.98 Å². The number of aromatic nitrogens is 1. The fraction of sp³-hybridized carbons (Fsp3) is 0.333. The summed E-state index contributed by atoms with van der Waals surface area (Å²) in [5, 5.41) is 0.176. The number of ether oxygens (including phenoxy) is 1. The summed E-state index contributed by atoms with van der Waals surface area (Å²) in [6, 6.07) is 7.50. The summed E-state index contributed by atoms with van der Waals surface area (Å²) >= 11 is 1.27. The molecule has 2 aromatic rings. The zero-order valence-corrected chi connectivity index (χ0v) is 10.5. The number of esters is 1. The Hall–Kier alpha value is -1.49. The van der Waals surface area contributed by atoms with Gasteiger partial charge in [-0.3, -0.25) is 4.79 Å². The molecular formula is C12H13NO3S. The highest BCUT2D eigenvalue weighted by Crippen LogP contribution is 2.26. The minimum atomic E-state index is -0.317. The molecule has 1 aromatic heterocycles. The van der Waals surface area contributed by atoms with E-state index in [0.29, 0.717) is 11.8 Å². The maximum atomic E-state index is 11.5. The van der Waals surface area contributed by atoms with Gasteiger partial charge in [-0.05, 0) is 26.0 Å². The van der Waals surface area contributed by atoms with Crippen molar-refractivity contribution in [2.75, 3.05) is 6.61 Å². The summed E-state index contributed by atoms with van der Waals surface area (Å²) in [4.78, 5) is 15.7. The number of nitrogens with zero attached hydrogens (tertiary/aromatic N) is 1. The zero-order valence-electron chi connectivity index (χ0n) is 9.67. The molecule has 0 spiro atoms. The lowest BCUT2D eigenvalue weighted by atomic mass is 10.3. The van der Waals surface area contributed by atoms with Crippen molar-refractivity contribution in [1.82, 2.24) is 4.98 Å². The zero-order chi connectivity index (χ0) is 12.3. The highest BCUT2D eigenvalue weighted by atomic mass is 32.2. The van der Waals surface area contributed by atoms with E-state index in [2.05, 4.69) is 4.98 Å². The van der Waals surface area contributed by atoms with Gasteiger partial charge in [0, 0.05) is 0 Å². The van der Waals surface area contributed by atoms with E-state index in [1.54, 1.807) is 13.8 Å². The third-order valence-electron chi connectivity index (χ3n) is 2.17. The molecule has 0 fully saturated rings. The van der Waals surface area contributed by atoms with Gasteiger partial charge < -0.3 is 9.15 Å². The molecule has 0 N–H and O–H groups in total. The first-order valence-electron chi connectivity index (χ1n) is 5.39. The molecule has 1 atom stereocenters. The van der Waals surface area contributed by atoms with Crippen LogP contribution in [0.2, 0.25) is 0 Å². The SMILES string of the molecule is CCOC(=O)C(C)Sc1nc2ccccc2o1. The summed E-state index contributed by atoms with van der Waals surface area (Å²) in [6.07, 6.45) is 0. The normalized spacial score (nSPS) is 12.6. The second-order valence-electron chi connectivity index (χ2n) is 3.46. The van der Waals surface area contributed by atoms with Gasteiger partial charge >= 0.3 is 5.97 Å². The molecule has 0 bridgehead atoms. The first-order valence-corrected chi connectivity index (χ1v) is 6.27. The average molecular weight is 251 g/mol. The van der Waals surface area contributed by atoms with Crippen LogP contribution < -0.4 is 0 Å². The topological polar surface area (TPSA) is 52.3 Å². The van der Waals surface area contributed by atoms with Crippen molar-refractivity contribution >= 4 is 28.8 Å². The fourth-order valence-electron chi connectivity index (χ4n) is 1.36. The van der Waals surface area contributed by atoms with Gasteiger partial charge in [-0.1, -0.05) is 23.9 Å². The number of carbonyl (C=O) groups excluding carboxylic acids is 1. The van der Waals surface area contributed by atoms with E-state index in [1.807, 2.05) is 24.3 Å². The molecular weight excluding hydrogens is 238 g/mol. The van der Waals surface area contributed by atoms with Crippen LogP contribution in [0.25, 0.3) is 11.1 Å². The van der Waals surface area contributed by atoms with Gasteiger partial charge in [0.25, 0.3) is 5.22 Å². The van der Waals surface area contributed by atoms with Crippen molar-refractivity contribution in [1.29, 1.82) is 0 Å². The van der Waals surface area contributed by atoms with E-state index in [0.717, 1.165) is 11.1 Å². The highest BCUT2D eigenvalue weighted by Gasteiger charge is 2.18. The predicted molar refractivity (Wildman–Crippen MR) is 66.0 cm³/mol. The Labute approximate surface area is 103 Å². The van der Waals surface area contributed by atoms with Crippen molar-refractivity contribution in [3.8, 4) is 0 Å². The number of carbonyl (C=O) groups is 1. The Bertz CT molecular complexity index is 490. The minimum Gasteiger partial charge on any atom is -0.465 e. The van der Waals surface area contributed by atoms with Gasteiger partial charge in [0.2, 0.25) is 0 Å². The van der Waals surface area contributed by atoms with Crippen LogP contribution in [-0.4, -0.2) is 22.8 Å². The highest BCUT2D eigenvalue weighted by molar-refractivity contribution is 8.00. The Kier molecular flexibility index (Phi) is 3.68. The summed E-state index contributed by atoms with van der Waals surface area (Å²) in [7, 11) is 0. The van der Waals surface area contributed by atoms with Gasteiger partial charge in [-0.15, -0.1) is 0 Å². The molecule has 5 heteroatoms. The monoisotopic (exact) mass is 251 g/mol. The first kappa shape index (κ1) is 12.0. The number of oxazole rings is 1. The number of benzene rings is 1. The molecule has 0 amide bonds. The second-order valence-corrected chi connectivity index (χ2v) is 4.75. The first-order chi connectivity index (χ1) is 8.20. The van der Waals surface area contributed by atoms with Crippen LogP contribution in [-0.2, 0) is 9.53 Å². The van der Waals surface area contributed by atoms with Crippen LogP contribution >= 0.6 is 11.8 Å². The van der Waals surface area contributed by atoms with Crippen LogP contribution in [0.4, 0.5) is 0 Å². The summed E-state index contributed by atoms with van der Waals surface area (Å²) in [5.74, 6) is -0.250. The largest absolute Gasteiger partial charge is 0.465 e. The quantitative estimate of drug-likeness (QED) is 0.617. The van der Waals surface area contributed by atoms with E-state index >= 15 is 0 Å². The van der Waals surface area contributed by atoms with Crippen LogP contribution in [0, 0.1) is 0 Å². The molecule has 1 heterocycles. The summed E-state index contributed by atoms with van der Waals surface area (Å²) in [5.41, 5.74) is 1.53. The molecule has 0 aliphatic rings. The van der Waals surface area contributed by atoms with E-state index in [1.165, 1.54) is 11.8 Å². The summed E-state index contributed by atoms with van der Waals surface area (Å²) in [6.45, 7) is 3.95. The Balaban J connectivity index is 2.10. The van der Waals surface area contributed by atoms with Crippen molar-refractivity contribution in [2.45, 2.75) is 24.3 Å². The lowest BCUT2D eigenvalue weighted by molar-refractivity contribution is -0.142. The maximum absolute atomic E-state index is 11.5. The number of rotatable bonds is 4. The van der Waals surface area contributed by atoms with Crippen LogP contribution in [0.5, 0.6) is 0 Å². The number of fused-ring (bicyclic) bond motifs is 1. The maximum Gasteiger partial charge on any atom is 0.319 e. The van der Waals surface area contributed by atoms with Crippen molar-refractivity contribution < 1.29 is 13.9 Å². The van der Waals surface area contributed by atoms with E-state index < -0.39 is 0 Å². The van der Waals surface area contributed by atoms with Crippen LogP contribution in [0.3, 0.4) is 0 Å². The van der Waals surface area contributed by atoms with Gasteiger partial charge in [0.1, 0.15) is 10.8 Å². The summed E-state index contributed by atoms with van der Waals surface area (Å²) < 4.78 is 10.4. The average Bonchev–Trinajstić information content (AvgIpc) is 2.71.